The first-order valence-electron chi connectivity index (χ1n) is 8.07. The van der Waals surface area contributed by atoms with Crippen molar-refractivity contribution in [2.75, 3.05) is 14.1 Å². The first-order chi connectivity index (χ1) is 10.4. The zero-order valence-electron chi connectivity index (χ0n) is 13.9. The van der Waals surface area contributed by atoms with Crippen LogP contribution in [0.2, 0.25) is 0 Å². The highest BCUT2D eigenvalue weighted by Gasteiger charge is 2.39. The number of aromatic nitrogens is 2. The molecule has 0 atom stereocenters. The van der Waals surface area contributed by atoms with Crippen LogP contribution in [-0.2, 0) is 24.4 Å². The highest BCUT2D eigenvalue weighted by Crippen LogP contribution is 2.34. The van der Waals surface area contributed by atoms with E-state index in [1.807, 2.05) is 19.0 Å². The molecule has 3 rings (SSSR count). The molecule has 0 aromatic carbocycles. The fraction of sp³-hybridized carbons (Fsp3) is 0.750. The van der Waals surface area contributed by atoms with Crippen molar-refractivity contribution >= 4 is 5.91 Å². The molecule has 1 aliphatic heterocycles. The number of carbonyl (C=O) groups excluding carboxylic acids is 1. The molecule has 22 heavy (non-hydrogen) atoms. The summed E-state index contributed by atoms with van der Waals surface area (Å²) in [6.07, 6.45) is 0.952. The average molecular weight is 306 g/mol. The zero-order valence-corrected chi connectivity index (χ0v) is 13.9. The summed E-state index contributed by atoms with van der Waals surface area (Å²) in [5, 5.41) is 14.2. The molecule has 1 aromatic heterocycles. The Morgan fingerprint density at radius 2 is 2.05 bits per heavy atom. The molecule has 122 valence electrons. The van der Waals surface area contributed by atoms with Crippen molar-refractivity contribution < 1.29 is 9.90 Å². The quantitative estimate of drug-likeness (QED) is 0.906. The predicted octanol–water partition coefficient (Wildman–Crippen LogP) is 1.14. The maximum atomic E-state index is 12.5. The van der Waals surface area contributed by atoms with Crippen LogP contribution < -0.4 is 0 Å². The van der Waals surface area contributed by atoms with E-state index in [1.54, 1.807) is 0 Å². The number of fused-ring (bicyclic) bond motifs is 1. The topological polar surface area (TPSA) is 61.6 Å². The Morgan fingerprint density at radius 1 is 1.36 bits per heavy atom. The maximum Gasteiger partial charge on any atom is 0.226 e. The smallest absolute Gasteiger partial charge is 0.226 e. The van der Waals surface area contributed by atoms with Gasteiger partial charge >= 0.3 is 0 Å². The molecule has 1 amide bonds. The van der Waals surface area contributed by atoms with E-state index in [0.29, 0.717) is 32.0 Å². The van der Waals surface area contributed by atoms with E-state index in [9.17, 15) is 9.90 Å². The van der Waals surface area contributed by atoms with Crippen LogP contribution in [0.1, 0.15) is 49.7 Å². The van der Waals surface area contributed by atoms with E-state index in [1.165, 1.54) is 11.3 Å². The molecule has 0 radical (unpaired) electrons. The van der Waals surface area contributed by atoms with E-state index < -0.39 is 0 Å². The van der Waals surface area contributed by atoms with Gasteiger partial charge in [-0.2, -0.15) is 5.10 Å². The molecule has 1 aliphatic carbocycles. The van der Waals surface area contributed by atoms with E-state index in [4.69, 9.17) is 5.10 Å². The van der Waals surface area contributed by atoms with E-state index in [0.717, 1.165) is 12.2 Å². The van der Waals surface area contributed by atoms with Gasteiger partial charge in [0, 0.05) is 30.6 Å². The third-order valence-corrected chi connectivity index (χ3v) is 4.62. The average Bonchev–Trinajstić information content (AvgIpc) is 2.94. The normalized spacial score (nSPS) is 24.0. The number of hydrogen-bond donors (Lipinski definition) is 1. The minimum absolute atomic E-state index is 0.0109. The van der Waals surface area contributed by atoms with Gasteiger partial charge in [-0.25, -0.2) is 0 Å². The number of aliphatic hydroxyl groups is 1. The second kappa shape index (κ2) is 5.66. The van der Waals surface area contributed by atoms with Gasteiger partial charge in [-0.15, -0.1) is 0 Å². The lowest BCUT2D eigenvalue weighted by Gasteiger charge is -2.33. The number of aliphatic hydroxyl groups excluding tert-OH is 1. The summed E-state index contributed by atoms with van der Waals surface area (Å²) < 4.78 is 2.07. The highest BCUT2D eigenvalue weighted by atomic mass is 16.3. The lowest BCUT2D eigenvalue weighted by atomic mass is 9.81. The number of amides is 1. The van der Waals surface area contributed by atoms with Gasteiger partial charge in [-0.3, -0.25) is 9.48 Å². The van der Waals surface area contributed by atoms with E-state index in [2.05, 4.69) is 23.4 Å². The second-order valence-electron chi connectivity index (χ2n) is 7.16. The third-order valence-electron chi connectivity index (χ3n) is 4.62. The maximum absolute atomic E-state index is 12.5. The van der Waals surface area contributed by atoms with Crippen molar-refractivity contribution in [3.8, 4) is 0 Å². The SMILES string of the molecule is CC(C)n1nc(CN(C)C)c2c1CN(C(=O)C1CC(O)C1)C2. The summed E-state index contributed by atoms with van der Waals surface area (Å²) in [5.41, 5.74) is 3.48. The second-order valence-corrected chi connectivity index (χ2v) is 7.16. The van der Waals surface area contributed by atoms with E-state index in [-0.39, 0.29) is 17.9 Å². The Kier molecular flexibility index (Phi) is 3.99. The number of rotatable bonds is 4. The van der Waals surface area contributed by atoms with Gasteiger partial charge in [0.1, 0.15) is 0 Å². The summed E-state index contributed by atoms with van der Waals surface area (Å²) in [5.74, 6) is 0.198. The molecular formula is C16H26N4O2. The first kappa shape index (κ1) is 15.5. The largest absolute Gasteiger partial charge is 0.393 e. The van der Waals surface area contributed by atoms with Gasteiger partial charge in [0.2, 0.25) is 5.91 Å². The van der Waals surface area contributed by atoms with Crippen LogP contribution in [0.4, 0.5) is 0 Å². The van der Waals surface area contributed by atoms with Crippen molar-refractivity contribution in [3.05, 3.63) is 17.0 Å². The molecule has 2 aliphatic rings. The molecule has 1 fully saturated rings. The first-order valence-corrected chi connectivity index (χ1v) is 8.07. The monoisotopic (exact) mass is 306 g/mol. The van der Waals surface area contributed by atoms with Gasteiger partial charge < -0.3 is 14.9 Å². The highest BCUT2D eigenvalue weighted by molar-refractivity contribution is 5.80. The molecule has 6 heteroatoms. The zero-order chi connectivity index (χ0) is 16.0. The van der Waals surface area contributed by atoms with Crippen LogP contribution in [0.25, 0.3) is 0 Å². The fourth-order valence-corrected chi connectivity index (χ4v) is 3.39. The summed E-state index contributed by atoms with van der Waals surface area (Å²) >= 11 is 0. The Labute approximate surface area is 131 Å². The molecule has 0 spiro atoms. The molecule has 0 unspecified atom stereocenters. The van der Waals surface area contributed by atoms with Crippen molar-refractivity contribution in [1.82, 2.24) is 19.6 Å². The summed E-state index contributed by atoms with van der Waals surface area (Å²) in [6.45, 7) is 6.36. The van der Waals surface area contributed by atoms with Crippen molar-refractivity contribution in [1.29, 1.82) is 0 Å². The van der Waals surface area contributed by atoms with Crippen LogP contribution in [0.5, 0.6) is 0 Å². The van der Waals surface area contributed by atoms with Gasteiger partial charge in [-0.05, 0) is 40.8 Å². The Balaban J connectivity index is 1.80. The van der Waals surface area contributed by atoms with Crippen molar-refractivity contribution in [2.24, 2.45) is 5.92 Å². The van der Waals surface area contributed by atoms with Gasteiger partial charge in [0.15, 0.2) is 0 Å². The third kappa shape index (κ3) is 2.65. The standard InChI is InChI=1S/C16H26N4O2/c1-10(2)20-15-9-19(16(22)11-5-12(21)6-11)7-13(15)14(17-20)8-18(3)4/h10-12,21H,5-9H2,1-4H3. The van der Waals surface area contributed by atoms with Crippen molar-refractivity contribution in [3.63, 3.8) is 0 Å². The number of carbonyl (C=O) groups is 1. The van der Waals surface area contributed by atoms with Crippen molar-refractivity contribution in [2.45, 2.75) is 58.5 Å². The number of hydrogen-bond acceptors (Lipinski definition) is 4. The molecule has 1 saturated carbocycles. The van der Waals surface area contributed by atoms with E-state index >= 15 is 0 Å². The lowest BCUT2D eigenvalue weighted by Crippen LogP contribution is -2.41. The van der Waals surface area contributed by atoms with Gasteiger partial charge in [0.25, 0.3) is 0 Å². The van der Waals surface area contributed by atoms with Crippen LogP contribution in [0.15, 0.2) is 0 Å². The number of nitrogens with zero attached hydrogens (tertiary/aromatic N) is 4. The van der Waals surface area contributed by atoms with Gasteiger partial charge in [0.05, 0.1) is 24.0 Å². The lowest BCUT2D eigenvalue weighted by molar-refractivity contribution is -0.143. The summed E-state index contributed by atoms with van der Waals surface area (Å²) in [6, 6.07) is 0.297. The summed E-state index contributed by atoms with van der Waals surface area (Å²) in [7, 11) is 4.07. The molecule has 1 aromatic rings. The molecule has 0 saturated heterocycles. The Bertz CT molecular complexity index is 573. The molecular weight excluding hydrogens is 280 g/mol. The van der Waals surface area contributed by atoms with Crippen LogP contribution in [0.3, 0.4) is 0 Å². The van der Waals surface area contributed by atoms with Gasteiger partial charge in [-0.1, -0.05) is 0 Å². The van der Waals surface area contributed by atoms with Crippen LogP contribution >= 0.6 is 0 Å². The Morgan fingerprint density at radius 3 is 2.59 bits per heavy atom. The fourth-order valence-electron chi connectivity index (χ4n) is 3.39. The Hall–Kier alpha value is -1.40. The molecule has 6 nitrogen and oxygen atoms in total. The minimum Gasteiger partial charge on any atom is -0.393 e. The molecule has 1 N–H and O–H groups in total. The molecule has 2 heterocycles. The van der Waals surface area contributed by atoms with Crippen LogP contribution in [-0.4, -0.2) is 50.8 Å². The van der Waals surface area contributed by atoms with Crippen LogP contribution in [0, 0.1) is 5.92 Å². The molecule has 0 bridgehead atoms. The predicted molar refractivity (Wildman–Crippen MR) is 83.0 cm³/mol. The minimum atomic E-state index is -0.283. The summed E-state index contributed by atoms with van der Waals surface area (Å²) in [4.78, 5) is 16.6.